The summed E-state index contributed by atoms with van der Waals surface area (Å²) in [4.78, 5) is 14.1. The van der Waals surface area contributed by atoms with E-state index in [0.717, 1.165) is 21.2 Å². The van der Waals surface area contributed by atoms with Gasteiger partial charge in [-0.3, -0.25) is 9.69 Å². The van der Waals surface area contributed by atoms with Crippen LogP contribution in [0.25, 0.3) is 0 Å². The topological polar surface area (TPSA) is 40.5 Å². The smallest absolute Gasteiger partial charge is 0.305 e. The Hall–Kier alpha value is -2.43. The van der Waals surface area contributed by atoms with Crippen molar-refractivity contribution in [2.45, 2.75) is 38.9 Å². The summed E-state index contributed by atoms with van der Waals surface area (Å²) in [6.07, 6.45) is 0.0416. The van der Waals surface area contributed by atoms with E-state index in [1.807, 2.05) is 55.5 Å². The Morgan fingerprint density at radius 3 is 2.17 bits per heavy atom. The molecular weight excluding hydrogens is 426 g/mol. The first-order chi connectivity index (χ1) is 13.9. The van der Waals surface area contributed by atoms with Crippen molar-refractivity contribution >= 4 is 21.9 Å². The number of carboxylic acid groups (broad SMARTS) is 1. The number of nitrogens with zero attached hydrogens (tertiary/aromatic N) is 1. The first-order valence-corrected chi connectivity index (χ1v) is 10.6. The van der Waals surface area contributed by atoms with E-state index >= 15 is 0 Å². The SMILES string of the molecule is Cc1cc(Br)cc([C@H](CC(=O)O)N(Cc2ccccc2)[C@H](C)c2ccccc2)c1. The molecule has 3 aromatic rings. The fourth-order valence-electron chi connectivity index (χ4n) is 3.78. The third-order valence-electron chi connectivity index (χ3n) is 5.20. The van der Waals surface area contributed by atoms with Crippen molar-refractivity contribution in [2.24, 2.45) is 0 Å². The largest absolute Gasteiger partial charge is 0.481 e. The molecule has 3 aromatic carbocycles. The van der Waals surface area contributed by atoms with Gasteiger partial charge in [0.1, 0.15) is 0 Å². The normalized spacial score (nSPS) is 13.2. The van der Waals surface area contributed by atoms with Crippen LogP contribution in [0.2, 0.25) is 0 Å². The average Bonchev–Trinajstić information content (AvgIpc) is 2.70. The molecule has 0 aromatic heterocycles. The predicted molar refractivity (Wildman–Crippen MR) is 121 cm³/mol. The van der Waals surface area contributed by atoms with Crippen molar-refractivity contribution in [3.63, 3.8) is 0 Å². The first-order valence-electron chi connectivity index (χ1n) is 9.77. The maximum absolute atomic E-state index is 11.8. The van der Waals surface area contributed by atoms with Crippen molar-refractivity contribution in [3.05, 3.63) is 106 Å². The Bertz CT molecular complexity index is 923. The molecule has 0 amide bonds. The number of rotatable bonds is 8. The molecule has 0 heterocycles. The van der Waals surface area contributed by atoms with Crippen LogP contribution in [0.5, 0.6) is 0 Å². The maximum atomic E-state index is 11.8. The number of benzene rings is 3. The van der Waals surface area contributed by atoms with Crippen LogP contribution >= 0.6 is 15.9 Å². The molecule has 3 rings (SSSR count). The fourth-order valence-corrected chi connectivity index (χ4v) is 4.41. The van der Waals surface area contributed by atoms with Gasteiger partial charge < -0.3 is 5.11 Å². The first kappa shape index (κ1) is 21.3. The van der Waals surface area contributed by atoms with E-state index in [0.29, 0.717) is 6.54 Å². The standard InChI is InChI=1S/C25H26BrNO2/c1-18-13-22(15-23(26)14-18)24(16-25(28)29)27(17-20-9-5-3-6-10-20)19(2)21-11-7-4-8-12-21/h3-15,19,24H,16-17H2,1-2H3,(H,28,29)/t19-,24+/m1/s1. The molecule has 0 fully saturated rings. The Kier molecular flexibility index (Phi) is 7.24. The van der Waals surface area contributed by atoms with E-state index in [1.165, 1.54) is 5.56 Å². The van der Waals surface area contributed by atoms with Gasteiger partial charge in [-0.25, -0.2) is 0 Å². The van der Waals surface area contributed by atoms with E-state index in [-0.39, 0.29) is 18.5 Å². The molecule has 0 saturated carbocycles. The molecule has 0 bridgehead atoms. The summed E-state index contributed by atoms with van der Waals surface area (Å²) in [5.74, 6) is -0.800. The van der Waals surface area contributed by atoms with Crippen molar-refractivity contribution in [3.8, 4) is 0 Å². The molecule has 0 saturated heterocycles. The summed E-state index contributed by atoms with van der Waals surface area (Å²) in [5, 5.41) is 9.71. The molecule has 150 valence electrons. The van der Waals surface area contributed by atoms with Crippen LogP contribution in [-0.4, -0.2) is 16.0 Å². The molecule has 1 N–H and O–H groups in total. The van der Waals surface area contributed by atoms with Gasteiger partial charge in [-0.1, -0.05) is 82.7 Å². The molecule has 29 heavy (non-hydrogen) atoms. The monoisotopic (exact) mass is 451 g/mol. The molecule has 0 aliphatic heterocycles. The summed E-state index contributed by atoms with van der Waals surface area (Å²) in [5.41, 5.74) is 4.46. The lowest BCUT2D eigenvalue weighted by atomic mass is 9.95. The lowest BCUT2D eigenvalue weighted by molar-refractivity contribution is -0.138. The minimum Gasteiger partial charge on any atom is -0.481 e. The van der Waals surface area contributed by atoms with E-state index in [4.69, 9.17) is 0 Å². The summed E-state index contributed by atoms with van der Waals surface area (Å²) in [7, 11) is 0. The zero-order valence-corrected chi connectivity index (χ0v) is 18.3. The van der Waals surface area contributed by atoms with Crippen LogP contribution in [0, 0.1) is 6.92 Å². The van der Waals surface area contributed by atoms with Gasteiger partial charge in [0.05, 0.1) is 6.42 Å². The Morgan fingerprint density at radius 1 is 0.966 bits per heavy atom. The molecule has 0 radical (unpaired) electrons. The minimum atomic E-state index is -0.800. The number of aliphatic carboxylic acids is 1. The van der Waals surface area contributed by atoms with E-state index in [2.05, 4.69) is 58.1 Å². The number of halogens is 1. The van der Waals surface area contributed by atoms with Gasteiger partial charge in [-0.15, -0.1) is 0 Å². The summed E-state index contributed by atoms with van der Waals surface area (Å²) in [6.45, 7) is 4.85. The second-order valence-electron chi connectivity index (χ2n) is 7.42. The molecule has 0 aliphatic rings. The van der Waals surface area contributed by atoms with Crippen LogP contribution in [0.3, 0.4) is 0 Å². The average molecular weight is 452 g/mol. The van der Waals surface area contributed by atoms with Gasteiger partial charge in [0, 0.05) is 23.1 Å². The second kappa shape index (κ2) is 9.86. The molecule has 4 heteroatoms. The number of hydrogen-bond acceptors (Lipinski definition) is 2. The highest BCUT2D eigenvalue weighted by molar-refractivity contribution is 9.10. The van der Waals surface area contributed by atoms with Crippen LogP contribution in [0.15, 0.2) is 83.3 Å². The summed E-state index contributed by atoms with van der Waals surface area (Å²) in [6, 6.07) is 26.5. The van der Waals surface area contributed by atoms with Crippen molar-refractivity contribution in [1.29, 1.82) is 0 Å². The number of aryl methyl sites for hydroxylation is 1. The number of hydrogen-bond donors (Lipinski definition) is 1. The summed E-state index contributed by atoms with van der Waals surface area (Å²) >= 11 is 3.58. The highest BCUT2D eigenvalue weighted by atomic mass is 79.9. The van der Waals surface area contributed by atoms with E-state index in [1.54, 1.807) is 0 Å². The molecule has 0 spiro atoms. The summed E-state index contributed by atoms with van der Waals surface area (Å²) < 4.78 is 0.968. The van der Waals surface area contributed by atoms with Gasteiger partial charge in [0.15, 0.2) is 0 Å². The number of carboxylic acids is 1. The second-order valence-corrected chi connectivity index (χ2v) is 8.34. The molecule has 2 atom stereocenters. The van der Waals surface area contributed by atoms with Gasteiger partial charge in [-0.2, -0.15) is 0 Å². The Labute approximate surface area is 181 Å². The third-order valence-corrected chi connectivity index (χ3v) is 5.66. The Morgan fingerprint density at radius 2 is 1.59 bits per heavy atom. The van der Waals surface area contributed by atoms with Crippen molar-refractivity contribution in [1.82, 2.24) is 4.90 Å². The van der Waals surface area contributed by atoms with Crippen molar-refractivity contribution in [2.75, 3.05) is 0 Å². The zero-order valence-electron chi connectivity index (χ0n) is 16.8. The van der Waals surface area contributed by atoms with E-state index in [9.17, 15) is 9.90 Å². The third kappa shape index (κ3) is 5.78. The minimum absolute atomic E-state index is 0.0416. The highest BCUT2D eigenvalue weighted by Crippen LogP contribution is 2.36. The Balaban J connectivity index is 2.07. The van der Waals surface area contributed by atoms with Crippen LogP contribution in [0.1, 0.15) is 47.7 Å². The molecule has 0 unspecified atom stereocenters. The highest BCUT2D eigenvalue weighted by Gasteiger charge is 2.28. The molecule has 3 nitrogen and oxygen atoms in total. The lowest BCUT2D eigenvalue weighted by Gasteiger charge is -2.37. The lowest BCUT2D eigenvalue weighted by Crippen LogP contribution is -2.32. The predicted octanol–water partition coefficient (Wildman–Crippen LogP) is 6.54. The van der Waals surface area contributed by atoms with Gasteiger partial charge in [0.25, 0.3) is 0 Å². The molecule has 0 aliphatic carbocycles. The quantitative estimate of drug-likeness (QED) is 0.422. The zero-order chi connectivity index (χ0) is 20.8. The van der Waals surface area contributed by atoms with Crippen LogP contribution < -0.4 is 0 Å². The van der Waals surface area contributed by atoms with Crippen LogP contribution in [0.4, 0.5) is 0 Å². The van der Waals surface area contributed by atoms with Gasteiger partial charge >= 0.3 is 5.97 Å². The van der Waals surface area contributed by atoms with Crippen molar-refractivity contribution < 1.29 is 9.90 Å². The fraction of sp³-hybridized carbons (Fsp3) is 0.240. The van der Waals surface area contributed by atoms with Gasteiger partial charge in [0.2, 0.25) is 0 Å². The number of carbonyl (C=O) groups is 1. The van der Waals surface area contributed by atoms with Crippen LogP contribution in [-0.2, 0) is 11.3 Å². The maximum Gasteiger partial charge on any atom is 0.305 e. The molecular formula is C25H26BrNO2. The van der Waals surface area contributed by atoms with Gasteiger partial charge in [-0.05, 0) is 48.2 Å². The van der Waals surface area contributed by atoms with E-state index < -0.39 is 5.97 Å².